The fourth-order valence-electron chi connectivity index (χ4n) is 1.38. The van der Waals surface area contributed by atoms with Crippen LogP contribution in [0.4, 0.5) is 0 Å². The molecule has 0 radical (unpaired) electrons. The highest BCUT2D eigenvalue weighted by molar-refractivity contribution is 6.30. The Hall–Kier alpha value is -0.570. The molecule has 1 N–H and O–H groups in total. The van der Waals surface area contributed by atoms with Crippen molar-refractivity contribution in [3.63, 3.8) is 0 Å². The standard InChI is InChI=1S/C11H16ClNO/c1-13-6-5-9-7-11(12)4-3-10(9)8-14-2/h3-4,7,13H,5-6,8H2,1-2H3. The van der Waals surface area contributed by atoms with E-state index >= 15 is 0 Å². The molecule has 0 fully saturated rings. The quantitative estimate of drug-likeness (QED) is 0.810. The highest BCUT2D eigenvalue weighted by Crippen LogP contribution is 2.17. The van der Waals surface area contributed by atoms with Crippen LogP contribution in [0.5, 0.6) is 0 Å². The Morgan fingerprint density at radius 2 is 2.14 bits per heavy atom. The van der Waals surface area contributed by atoms with Gasteiger partial charge in [0.15, 0.2) is 0 Å². The second-order valence-electron chi connectivity index (χ2n) is 3.20. The average molecular weight is 214 g/mol. The number of benzene rings is 1. The summed E-state index contributed by atoms with van der Waals surface area (Å²) < 4.78 is 5.12. The SMILES string of the molecule is CNCCc1cc(Cl)ccc1COC. The van der Waals surface area contributed by atoms with Crippen molar-refractivity contribution < 1.29 is 4.74 Å². The van der Waals surface area contributed by atoms with Crippen LogP contribution in [0.1, 0.15) is 11.1 Å². The van der Waals surface area contributed by atoms with Crippen molar-refractivity contribution in [2.45, 2.75) is 13.0 Å². The van der Waals surface area contributed by atoms with Gasteiger partial charge in [-0.2, -0.15) is 0 Å². The lowest BCUT2D eigenvalue weighted by atomic mass is 10.1. The van der Waals surface area contributed by atoms with E-state index in [0.29, 0.717) is 6.61 Å². The third-order valence-corrected chi connectivity index (χ3v) is 2.35. The molecule has 0 aliphatic rings. The number of methoxy groups -OCH3 is 1. The third-order valence-electron chi connectivity index (χ3n) is 2.11. The predicted molar refractivity (Wildman–Crippen MR) is 59.8 cm³/mol. The van der Waals surface area contributed by atoms with Gasteiger partial charge < -0.3 is 10.1 Å². The van der Waals surface area contributed by atoms with Gasteiger partial charge in [-0.25, -0.2) is 0 Å². The minimum absolute atomic E-state index is 0.649. The molecule has 0 amide bonds. The number of ether oxygens (including phenoxy) is 1. The molecule has 0 aromatic heterocycles. The van der Waals surface area contributed by atoms with Crippen molar-refractivity contribution in [2.24, 2.45) is 0 Å². The first-order valence-corrected chi connectivity index (χ1v) is 5.06. The van der Waals surface area contributed by atoms with Gasteiger partial charge >= 0.3 is 0 Å². The molecule has 0 bridgehead atoms. The molecular weight excluding hydrogens is 198 g/mol. The van der Waals surface area contributed by atoms with Gasteiger partial charge in [0.25, 0.3) is 0 Å². The van der Waals surface area contributed by atoms with Crippen LogP contribution in [-0.2, 0) is 17.8 Å². The number of halogens is 1. The van der Waals surface area contributed by atoms with Crippen LogP contribution in [0.15, 0.2) is 18.2 Å². The van der Waals surface area contributed by atoms with Crippen LogP contribution >= 0.6 is 11.6 Å². The van der Waals surface area contributed by atoms with Crippen molar-refractivity contribution in [3.8, 4) is 0 Å². The smallest absolute Gasteiger partial charge is 0.0715 e. The van der Waals surface area contributed by atoms with Gasteiger partial charge in [0.2, 0.25) is 0 Å². The third kappa shape index (κ3) is 3.29. The van der Waals surface area contributed by atoms with E-state index in [4.69, 9.17) is 16.3 Å². The Balaban J connectivity index is 2.79. The minimum Gasteiger partial charge on any atom is -0.380 e. The minimum atomic E-state index is 0.649. The first-order chi connectivity index (χ1) is 6.77. The number of hydrogen-bond acceptors (Lipinski definition) is 2. The fraction of sp³-hybridized carbons (Fsp3) is 0.455. The summed E-state index contributed by atoms with van der Waals surface area (Å²) in [6, 6.07) is 5.93. The van der Waals surface area contributed by atoms with Crippen molar-refractivity contribution in [1.82, 2.24) is 5.32 Å². The molecule has 0 unspecified atom stereocenters. The number of nitrogens with one attached hydrogen (secondary N) is 1. The molecule has 0 saturated carbocycles. The summed E-state index contributed by atoms with van der Waals surface area (Å²) in [4.78, 5) is 0. The Bertz CT molecular complexity index is 289. The summed E-state index contributed by atoms with van der Waals surface area (Å²) in [5, 5.41) is 3.91. The molecule has 3 heteroatoms. The maximum atomic E-state index is 5.93. The molecule has 0 aliphatic carbocycles. The number of rotatable bonds is 5. The van der Waals surface area contributed by atoms with Gasteiger partial charge in [-0.05, 0) is 43.3 Å². The van der Waals surface area contributed by atoms with Gasteiger partial charge in [0.05, 0.1) is 6.61 Å². The molecule has 1 aromatic rings. The van der Waals surface area contributed by atoms with Crippen molar-refractivity contribution in [3.05, 3.63) is 34.3 Å². The summed E-state index contributed by atoms with van der Waals surface area (Å²) in [5.41, 5.74) is 2.47. The van der Waals surface area contributed by atoms with Gasteiger partial charge in [-0.3, -0.25) is 0 Å². The molecule has 78 valence electrons. The van der Waals surface area contributed by atoms with Crippen LogP contribution in [0.25, 0.3) is 0 Å². The first-order valence-electron chi connectivity index (χ1n) is 4.68. The van der Waals surface area contributed by atoms with Crippen molar-refractivity contribution in [1.29, 1.82) is 0 Å². The van der Waals surface area contributed by atoms with E-state index < -0.39 is 0 Å². The lowest BCUT2D eigenvalue weighted by Crippen LogP contribution is -2.11. The maximum absolute atomic E-state index is 5.93. The fourth-order valence-corrected chi connectivity index (χ4v) is 1.58. The average Bonchev–Trinajstić information content (AvgIpc) is 2.18. The van der Waals surface area contributed by atoms with Crippen molar-refractivity contribution in [2.75, 3.05) is 20.7 Å². The zero-order valence-corrected chi connectivity index (χ0v) is 9.40. The van der Waals surface area contributed by atoms with Crippen LogP contribution < -0.4 is 5.32 Å². The zero-order valence-electron chi connectivity index (χ0n) is 8.64. The highest BCUT2D eigenvalue weighted by Gasteiger charge is 2.02. The molecule has 2 nitrogen and oxygen atoms in total. The largest absolute Gasteiger partial charge is 0.380 e. The van der Waals surface area contributed by atoms with Gasteiger partial charge in [-0.1, -0.05) is 17.7 Å². The molecule has 1 aromatic carbocycles. The molecule has 14 heavy (non-hydrogen) atoms. The topological polar surface area (TPSA) is 21.3 Å². The molecular formula is C11H16ClNO. The summed E-state index contributed by atoms with van der Waals surface area (Å²) in [6.45, 7) is 1.60. The Morgan fingerprint density at radius 3 is 2.79 bits per heavy atom. The van der Waals surface area contributed by atoms with Crippen LogP contribution in [0.3, 0.4) is 0 Å². The van der Waals surface area contributed by atoms with E-state index in [2.05, 4.69) is 5.32 Å². The lowest BCUT2D eigenvalue weighted by molar-refractivity contribution is 0.184. The zero-order chi connectivity index (χ0) is 10.4. The molecule has 0 aliphatic heterocycles. The molecule has 0 heterocycles. The number of hydrogen-bond donors (Lipinski definition) is 1. The lowest BCUT2D eigenvalue weighted by Gasteiger charge is -2.08. The summed E-state index contributed by atoms with van der Waals surface area (Å²) >= 11 is 5.93. The highest BCUT2D eigenvalue weighted by atomic mass is 35.5. The summed E-state index contributed by atoms with van der Waals surface area (Å²) in [5.74, 6) is 0. The monoisotopic (exact) mass is 213 g/mol. The van der Waals surface area contributed by atoms with E-state index in [0.717, 1.165) is 18.0 Å². The van der Waals surface area contributed by atoms with Crippen LogP contribution in [-0.4, -0.2) is 20.7 Å². The van der Waals surface area contributed by atoms with Gasteiger partial charge in [0, 0.05) is 12.1 Å². The van der Waals surface area contributed by atoms with E-state index in [1.807, 2.05) is 25.2 Å². The molecule has 0 atom stereocenters. The Morgan fingerprint density at radius 1 is 1.36 bits per heavy atom. The Labute approximate surface area is 90.2 Å². The second kappa shape index (κ2) is 6.02. The predicted octanol–water partition coefficient (Wildman–Crippen LogP) is 2.25. The van der Waals surface area contributed by atoms with Crippen molar-refractivity contribution >= 4 is 11.6 Å². The molecule has 1 rings (SSSR count). The normalized spacial score (nSPS) is 10.5. The van der Waals surface area contributed by atoms with E-state index in [9.17, 15) is 0 Å². The summed E-state index contributed by atoms with van der Waals surface area (Å²) in [6.07, 6.45) is 0.982. The van der Waals surface area contributed by atoms with Crippen LogP contribution in [0, 0.1) is 0 Å². The first kappa shape index (κ1) is 11.5. The Kier molecular flexibility index (Phi) is 4.94. The molecule has 0 spiro atoms. The van der Waals surface area contributed by atoms with E-state index in [1.54, 1.807) is 7.11 Å². The van der Waals surface area contributed by atoms with E-state index in [1.165, 1.54) is 11.1 Å². The summed E-state index contributed by atoms with van der Waals surface area (Å²) in [7, 11) is 3.65. The van der Waals surface area contributed by atoms with E-state index in [-0.39, 0.29) is 0 Å². The molecule has 0 saturated heterocycles. The number of likely N-dealkylation sites (N-methyl/N-ethyl adjacent to an activating group) is 1. The van der Waals surface area contributed by atoms with Crippen LogP contribution in [0.2, 0.25) is 5.02 Å². The maximum Gasteiger partial charge on any atom is 0.0715 e. The van der Waals surface area contributed by atoms with Gasteiger partial charge in [0.1, 0.15) is 0 Å². The second-order valence-corrected chi connectivity index (χ2v) is 3.64. The van der Waals surface area contributed by atoms with Gasteiger partial charge in [-0.15, -0.1) is 0 Å².